The van der Waals surface area contributed by atoms with E-state index in [9.17, 15) is 14.7 Å². The Kier molecular flexibility index (Phi) is 3.39. The van der Waals surface area contributed by atoms with Crippen LogP contribution in [0.5, 0.6) is 0 Å². The Balaban J connectivity index is 1.65. The topological polar surface area (TPSA) is 54.4 Å². The summed E-state index contributed by atoms with van der Waals surface area (Å²) in [6, 6.07) is 0. The van der Waals surface area contributed by atoms with Gasteiger partial charge < -0.3 is 5.11 Å². The van der Waals surface area contributed by atoms with Crippen LogP contribution in [0.3, 0.4) is 0 Å². The molecule has 0 amide bonds. The summed E-state index contributed by atoms with van der Waals surface area (Å²) in [5, 5.41) is 11.1. The number of ketones is 2. The fourth-order valence-corrected chi connectivity index (χ4v) is 6.78. The van der Waals surface area contributed by atoms with Gasteiger partial charge in [0.25, 0.3) is 0 Å². The lowest BCUT2D eigenvalue weighted by atomic mass is 9.50. The highest BCUT2D eigenvalue weighted by atomic mass is 16.3. The van der Waals surface area contributed by atoms with Gasteiger partial charge >= 0.3 is 0 Å². The summed E-state index contributed by atoms with van der Waals surface area (Å²) in [6.45, 7) is 3.73. The molecule has 0 bridgehead atoms. The molecule has 0 aliphatic heterocycles. The summed E-state index contributed by atoms with van der Waals surface area (Å²) in [7, 11) is 0. The van der Waals surface area contributed by atoms with Crippen LogP contribution in [0, 0.1) is 29.1 Å². The smallest absolute Gasteiger partial charge is 0.161 e. The Morgan fingerprint density at radius 1 is 1.13 bits per heavy atom. The van der Waals surface area contributed by atoms with Crippen LogP contribution < -0.4 is 0 Å². The van der Waals surface area contributed by atoms with Crippen LogP contribution in [0.15, 0.2) is 11.6 Å². The van der Waals surface area contributed by atoms with Crippen molar-refractivity contribution >= 4 is 11.6 Å². The zero-order chi connectivity index (χ0) is 16.4. The molecule has 23 heavy (non-hydrogen) atoms. The zero-order valence-corrected chi connectivity index (χ0v) is 14.3. The van der Waals surface area contributed by atoms with Gasteiger partial charge in [0.05, 0.1) is 0 Å². The minimum absolute atomic E-state index is 0.0411. The molecule has 0 saturated heterocycles. The minimum Gasteiger partial charge on any atom is -0.382 e. The Bertz CT molecular complexity index is 592. The molecule has 6 atom stereocenters. The summed E-state index contributed by atoms with van der Waals surface area (Å²) in [4.78, 5) is 23.9. The lowest BCUT2D eigenvalue weighted by Crippen LogP contribution is -2.55. The summed E-state index contributed by atoms with van der Waals surface area (Å²) >= 11 is 0. The number of carbonyl (C=O) groups excluding carboxylic acids is 2. The average molecular weight is 316 g/mol. The molecule has 1 N–H and O–H groups in total. The number of hydrogen-bond donors (Lipinski definition) is 1. The van der Waals surface area contributed by atoms with Gasteiger partial charge in [-0.15, -0.1) is 0 Å². The molecule has 0 heterocycles. The van der Waals surface area contributed by atoms with Crippen molar-refractivity contribution in [3.8, 4) is 0 Å². The standard InChI is InChI=1S/C20H28O3/c1-12(21)20(23)10-8-18-17-5-3-13-11-14(22)4-6-15(13)16(17)7-9-19(18,20)2/h11,15-18,23H,3-10H2,1-2H3/t15-,16+,17+,18-,19-,20+/m0/s1. The molecule has 0 aromatic rings. The normalized spacial score (nSPS) is 49.0. The fourth-order valence-electron chi connectivity index (χ4n) is 6.78. The van der Waals surface area contributed by atoms with E-state index in [1.807, 2.05) is 6.08 Å². The highest BCUT2D eigenvalue weighted by Crippen LogP contribution is 2.64. The molecule has 0 radical (unpaired) electrons. The van der Waals surface area contributed by atoms with Crippen LogP contribution in [0.4, 0.5) is 0 Å². The van der Waals surface area contributed by atoms with Crippen molar-refractivity contribution in [1.82, 2.24) is 0 Å². The Morgan fingerprint density at radius 3 is 2.65 bits per heavy atom. The lowest BCUT2D eigenvalue weighted by molar-refractivity contribution is -0.157. The van der Waals surface area contributed by atoms with E-state index >= 15 is 0 Å². The minimum atomic E-state index is -1.11. The molecule has 4 aliphatic carbocycles. The van der Waals surface area contributed by atoms with E-state index in [0.29, 0.717) is 42.3 Å². The second kappa shape index (κ2) is 5.02. The van der Waals surface area contributed by atoms with Gasteiger partial charge in [-0.05, 0) is 81.6 Å². The fraction of sp³-hybridized carbons (Fsp3) is 0.800. The molecule has 0 aromatic heterocycles. The molecule has 3 saturated carbocycles. The lowest BCUT2D eigenvalue weighted by Gasteiger charge is -2.55. The highest BCUT2D eigenvalue weighted by Gasteiger charge is 2.64. The van der Waals surface area contributed by atoms with E-state index < -0.39 is 5.60 Å². The van der Waals surface area contributed by atoms with Gasteiger partial charge in [-0.2, -0.15) is 0 Å². The molecule has 3 heteroatoms. The molecule has 0 aromatic carbocycles. The van der Waals surface area contributed by atoms with Crippen molar-refractivity contribution in [2.75, 3.05) is 0 Å². The van der Waals surface area contributed by atoms with Crippen molar-refractivity contribution in [3.05, 3.63) is 11.6 Å². The van der Waals surface area contributed by atoms with Gasteiger partial charge in [-0.3, -0.25) is 9.59 Å². The van der Waals surface area contributed by atoms with Crippen LogP contribution >= 0.6 is 0 Å². The number of carbonyl (C=O) groups is 2. The second-order valence-electron chi connectivity index (χ2n) is 8.71. The number of allylic oxidation sites excluding steroid dienone is 1. The quantitative estimate of drug-likeness (QED) is 0.806. The van der Waals surface area contributed by atoms with E-state index in [-0.39, 0.29) is 11.2 Å². The first-order valence-corrected chi connectivity index (χ1v) is 9.33. The highest BCUT2D eigenvalue weighted by molar-refractivity contribution is 5.91. The molecule has 4 rings (SSSR count). The van der Waals surface area contributed by atoms with Gasteiger partial charge in [0.2, 0.25) is 0 Å². The first kappa shape index (κ1) is 15.6. The van der Waals surface area contributed by atoms with E-state index in [1.54, 1.807) is 6.92 Å². The third kappa shape index (κ3) is 1.98. The van der Waals surface area contributed by atoms with Gasteiger partial charge in [-0.25, -0.2) is 0 Å². The van der Waals surface area contributed by atoms with Crippen LogP contribution in [-0.2, 0) is 9.59 Å². The van der Waals surface area contributed by atoms with Crippen LogP contribution in [0.2, 0.25) is 0 Å². The summed E-state index contributed by atoms with van der Waals surface area (Å²) < 4.78 is 0. The third-order valence-electron chi connectivity index (χ3n) is 8.03. The predicted octanol–water partition coefficient (Wildman–Crippen LogP) is 3.45. The number of Topliss-reactive ketones (excluding diaryl/α,β-unsaturated/α-hetero) is 1. The first-order chi connectivity index (χ1) is 10.9. The van der Waals surface area contributed by atoms with Gasteiger partial charge in [0.15, 0.2) is 11.6 Å². The predicted molar refractivity (Wildman–Crippen MR) is 87.7 cm³/mol. The van der Waals surface area contributed by atoms with Crippen molar-refractivity contribution in [2.45, 2.75) is 70.8 Å². The van der Waals surface area contributed by atoms with Crippen molar-refractivity contribution in [3.63, 3.8) is 0 Å². The summed E-state index contributed by atoms with van der Waals surface area (Å²) in [6.07, 6.45) is 9.51. The van der Waals surface area contributed by atoms with Crippen molar-refractivity contribution < 1.29 is 14.7 Å². The molecule has 3 nitrogen and oxygen atoms in total. The number of aliphatic hydroxyl groups is 1. The van der Waals surface area contributed by atoms with E-state index in [4.69, 9.17) is 0 Å². The average Bonchev–Trinajstić information content (AvgIpc) is 2.80. The third-order valence-corrected chi connectivity index (χ3v) is 8.03. The Labute approximate surface area is 138 Å². The number of hydrogen-bond acceptors (Lipinski definition) is 3. The second-order valence-corrected chi connectivity index (χ2v) is 8.71. The van der Waals surface area contributed by atoms with Crippen molar-refractivity contribution in [2.24, 2.45) is 29.1 Å². The zero-order valence-electron chi connectivity index (χ0n) is 14.3. The molecule has 3 fully saturated rings. The van der Waals surface area contributed by atoms with Gasteiger partial charge in [-0.1, -0.05) is 12.5 Å². The molecule has 0 spiro atoms. The molecule has 0 unspecified atom stereocenters. The molecular formula is C20H28O3. The summed E-state index contributed by atoms with van der Waals surface area (Å²) in [5.41, 5.74) is 0.0402. The SMILES string of the molecule is CC(=O)[C@]1(O)CC[C@H]2[C@@H]3CCC4=CC(=O)CC[C@@H]4[C@H]3CC[C@@]21C. The van der Waals surface area contributed by atoms with Crippen LogP contribution in [-0.4, -0.2) is 22.3 Å². The maximum absolute atomic E-state index is 12.2. The first-order valence-electron chi connectivity index (χ1n) is 9.33. The van der Waals surface area contributed by atoms with Crippen LogP contribution in [0.25, 0.3) is 0 Å². The van der Waals surface area contributed by atoms with Gasteiger partial charge in [0.1, 0.15) is 5.60 Å². The molecular weight excluding hydrogens is 288 g/mol. The maximum atomic E-state index is 12.2. The number of fused-ring (bicyclic) bond motifs is 5. The largest absolute Gasteiger partial charge is 0.382 e. The monoisotopic (exact) mass is 316 g/mol. The van der Waals surface area contributed by atoms with Crippen LogP contribution in [0.1, 0.15) is 65.2 Å². The molecule has 126 valence electrons. The van der Waals surface area contributed by atoms with Gasteiger partial charge in [0, 0.05) is 11.8 Å². The maximum Gasteiger partial charge on any atom is 0.161 e. The van der Waals surface area contributed by atoms with Crippen molar-refractivity contribution in [1.29, 1.82) is 0 Å². The number of rotatable bonds is 1. The van der Waals surface area contributed by atoms with E-state index in [1.165, 1.54) is 5.57 Å². The Morgan fingerprint density at radius 2 is 1.91 bits per heavy atom. The summed E-state index contributed by atoms with van der Waals surface area (Å²) in [5.74, 6) is 2.60. The van der Waals surface area contributed by atoms with E-state index in [0.717, 1.165) is 38.5 Å². The van der Waals surface area contributed by atoms with E-state index in [2.05, 4.69) is 6.92 Å². The Hall–Kier alpha value is -0.960. The molecule has 4 aliphatic rings.